The largest absolute Gasteiger partial charge is 0.379 e. The van der Waals surface area contributed by atoms with Crippen molar-refractivity contribution in [1.29, 1.82) is 0 Å². The van der Waals surface area contributed by atoms with Gasteiger partial charge in [0.05, 0.1) is 16.6 Å². The van der Waals surface area contributed by atoms with Gasteiger partial charge in [0, 0.05) is 12.7 Å². The van der Waals surface area contributed by atoms with Crippen LogP contribution in [0, 0.1) is 17.6 Å². The lowest BCUT2D eigenvalue weighted by Crippen LogP contribution is -2.40. The van der Waals surface area contributed by atoms with Gasteiger partial charge in [-0.15, -0.1) is 0 Å². The number of hydrazine groups is 1. The van der Waals surface area contributed by atoms with Gasteiger partial charge in [-0.05, 0) is 46.8 Å². The highest BCUT2D eigenvalue weighted by Crippen LogP contribution is 2.41. The summed E-state index contributed by atoms with van der Waals surface area (Å²) in [5.41, 5.74) is 2.40. The maximum absolute atomic E-state index is 14.0. The van der Waals surface area contributed by atoms with Crippen LogP contribution in [0.3, 0.4) is 0 Å². The monoisotopic (exact) mass is 320 g/mol. The van der Waals surface area contributed by atoms with Gasteiger partial charge in [-0.25, -0.2) is 8.78 Å². The van der Waals surface area contributed by atoms with Crippen molar-refractivity contribution in [2.45, 2.75) is 25.0 Å². The molecule has 1 fully saturated rings. The van der Waals surface area contributed by atoms with Crippen molar-refractivity contribution in [3.8, 4) is 0 Å². The predicted octanol–water partition coefficient (Wildman–Crippen LogP) is 2.66. The fraction of sp³-hybridized carbons (Fsp3) is 0.500. The summed E-state index contributed by atoms with van der Waals surface area (Å²) < 4.78 is 33.4. The zero-order valence-electron chi connectivity index (χ0n) is 9.92. The van der Waals surface area contributed by atoms with Crippen LogP contribution < -0.4 is 11.3 Å². The Morgan fingerprint density at radius 3 is 2.61 bits per heavy atom. The number of hydrogen-bond acceptors (Lipinski definition) is 3. The van der Waals surface area contributed by atoms with Crippen LogP contribution in [0.2, 0.25) is 0 Å². The second-order valence-electron chi connectivity index (χ2n) is 4.44. The molecule has 1 aromatic rings. The van der Waals surface area contributed by atoms with Gasteiger partial charge >= 0.3 is 0 Å². The van der Waals surface area contributed by atoms with E-state index in [0.717, 1.165) is 12.8 Å². The van der Waals surface area contributed by atoms with Crippen molar-refractivity contribution in [1.82, 2.24) is 5.43 Å². The zero-order valence-corrected chi connectivity index (χ0v) is 11.5. The quantitative estimate of drug-likeness (QED) is 0.498. The van der Waals surface area contributed by atoms with E-state index < -0.39 is 17.7 Å². The lowest BCUT2D eigenvalue weighted by Gasteiger charge is -2.26. The Morgan fingerprint density at radius 1 is 1.44 bits per heavy atom. The van der Waals surface area contributed by atoms with E-state index in [1.165, 1.54) is 19.2 Å². The highest BCUT2D eigenvalue weighted by atomic mass is 79.9. The Morgan fingerprint density at radius 2 is 2.11 bits per heavy atom. The number of nitrogens with two attached hydrogens (primary N) is 1. The fourth-order valence-electron chi connectivity index (χ4n) is 2.20. The molecule has 1 aliphatic rings. The van der Waals surface area contributed by atoms with E-state index in [-0.39, 0.29) is 16.1 Å². The van der Waals surface area contributed by atoms with Crippen LogP contribution in [0.1, 0.15) is 24.4 Å². The van der Waals surface area contributed by atoms with Crippen LogP contribution in [0.25, 0.3) is 0 Å². The molecular weight excluding hydrogens is 306 g/mol. The molecule has 0 spiro atoms. The molecule has 0 saturated heterocycles. The number of hydrogen-bond donors (Lipinski definition) is 2. The summed E-state index contributed by atoms with van der Waals surface area (Å²) in [5.74, 6) is 4.49. The average Bonchev–Trinajstić information content (AvgIpc) is 3.17. The van der Waals surface area contributed by atoms with Crippen molar-refractivity contribution in [3.63, 3.8) is 0 Å². The predicted molar refractivity (Wildman–Crippen MR) is 67.6 cm³/mol. The molecule has 0 aromatic heterocycles. The third kappa shape index (κ3) is 2.56. The lowest BCUT2D eigenvalue weighted by molar-refractivity contribution is 0.0483. The first-order valence-electron chi connectivity index (χ1n) is 5.72. The van der Waals surface area contributed by atoms with Gasteiger partial charge in [-0.1, -0.05) is 0 Å². The first-order valence-corrected chi connectivity index (χ1v) is 6.51. The topological polar surface area (TPSA) is 47.3 Å². The van der Waals surface area contributed by atoms with E-state index in [9.17, 15) is 8.78 Å². The van der Waals surface area contributed by atoms with E-state index in [2.05, 4.69) is 21.4 Å². The fourth-order valence-corrected chi connectivity index (χ4v) is 2.54. The molecule has 6 heteroatoms. The Balaban J connectivity index is 2.40. The van der Waals surface area contributed by atoms with Crippen molar-refractivity contribution < 1.29 is 13.5 Å². The van der Waals surface area contributed by atoms with Gasteiger partial charge in [0.25, 0.3) is 0 Å². The van der Waals surface area contributed by atoms with Crippen LogP contribution in [0.4, 0.5) is 8.78 Å². The van der Waals surface area contributed by atoms with Crippen molar-refractivity contribution in [2.75, 3.05) is 7.11 Å². The van der Waals surface area contributed by atoms with Crippen LogP contribution in [-0.2, 0) is 4.74 Å². The molecule has 3 N–H and O–H groups in total. The van der Waals surface area contributed by atoms with Crippen molar-refractivity contribution in [2.24, 2.45) is 11.8 Å². The van der Waals surface area contributed by atoms with Gasteiger partial charge in [-0.2, -0.15) is 0 Å². The van der Waals surface area contributed by atoms with E-state index in [1.807, 2.05) is 0 Å². The highest BCUT2D eigenvalue weighted by molar-refractivity contribution is 9.10. The molecule has 0 amide bonds. The second kappa shape index (κ2) is 5.61. The third-order valence-electron chi connectivity index (χ3n) is 3.26. The van der Waals surface area contributed by atoms with E-state index in [1.54, 1.807) is 0 Å². The van der Waals surface area contributed by atoms with Crippen LogP contribution in [-0.4, -0.2) is 13.2 Å². The molecule has 100 valence electrons. The summed E-state index contributed by atoms with van der Waals surface area (Å²) in [5, 5.41) is 0. The smallest absolute Gasteiger partial charge is 0.145 e. The standard InChI is InChI=1S/C12H15BrF2N2O/c1-18-12(6-2-3-6)11(17-16)9-8(14)5-4-7(13)10(9)15/h4-6,11-12,17H,2-3,16H2,1H3. The van der Waals surface area contributed by atoms with E-state index in [4.69, 9.17) is 10.6 Å². The molecule has 18 heavy (non-hydrogen) atoms. The molecule has 3 nitrogen and oxygen atoms in total. The number of nitrogens with one attached hydrogen (secondary N) is 1. The minimum absolute atomic E-state index is 0.0781. The normalized spacial score (nSPS) is 18.7. The second-order valence-corrected chi connectivity index (χ2v) is 5.29. The molecule has 1 aromatic carbocycles. The Labute approximate surface area is 113 Å². The summed E-state index contributed by atoms with van der Waals surface area (Å²) in [7, 11) is 1.53. The van der Waals surface area contributed by atoms with Gasteiger partial charge in [-0.3, -0.25) is 11.3 Å². The van der Waals surface area contributed by atoms with Crippen molar-refractivity contribution in [3.05, 3.63) is 33.8 Å². The molecular formula is C12H15BrF2N2O. The Hall–Kier alpha value is -0.560. The number of ether oxygens (including phenoxy) is 1. The summed E-state index contributed by atoms with van der Waals surface area (Å²) in [4.78, 5) is 0. The maximum atomic E-state index is 14.0. The summed E-state index contributed by atoms with van der Waals surface area (Å²) in [6.45, 7) is 0. The van der Waals surface area contributed by atoms with Gasteiger partial charge in [0.2, 0.25) is 0 Å². The summed E-state index contributed by atoms with van der Waals surface area (Å²) in [6, 6.07) is 1.85. The summed E-state index contributed by atoms with van der Waals surface area (Å²) in [6.07, 6.45) is 1.66. The first kappa shape index (κ1) is 13.9. The van der Waals surface area contributed by atoms with Crippen molar-refractivity contribution >= 4 is 15.9 Å². The molecule has 0 aliphatic heterocycles. The molecule has 1 aliphatic carbocycles. The molecule has 0 heterocycles. The molecule has 0 radical (unpaired) electrons. The van der Waals surface area contributed by atoms with Gasteiger partial charge < -0.3 is 4.74 Å². The van der Waals surface area contributed by atoms with Crippen LogP contribution in [0.5, 0.6) is 0 Å². The molecule has 2 rings (SSSR count). The Bertz CT molecular complexity index is 440. The lowest BCUT2D eigenvalue weighted by atomic mass is 9.97. The molecule has 2 unspecified atom stereocenters. The number of rotatable bonds is 5. The highest BCUT2D eigenvalue weighted by Gasteiger charge is 2.39. The minimum Gasteiger partial charge on any atom is -0.379 e. The molecule has 1 saturated carbocycles. The third-order valence-corrected chi connectivity index (χ3v) is 3.87. The van der Waals surface area contributed by atoms with Crippen LogP contribution >= 0.6 is 15.9 Å². The Kier molecular flexibility index (Phi) is 4.32. The van der Waals surface area contributed by atoms with E-state index >= 15 is 0 Å². The summed E-state index contributed by atoms with van der Waals surface area (Å²) >= 11 is 3.05. The number of methoxy groups -OCH3 is 1. The molecule has 0 bridgehead atoms. The number of halogens is 3. The minimum atomic E-state index is -0.694. The zero-order chi connectivity index (χ0) is 13.3. The number of benzene rings is 1. The average molecular weight is 321 g/mol. The SMILES string of the molecule is COC(C1CC1)C(NN)c1c(F)ccc(Br)c1F. The van der Waals surface area contributed by atoms with Gasteiger partial charge in [0.1, 0.15) is 11.6 Å². The van der Waals surface area contributed by atoms with Crippen LogP contribution in [0.15, 0.2) is 16.6 Å². The maximum Gasteiger partial charge on any atom is 0.145 e. The van der Waals surface area contributed by atoms with E-state index in [0.29, 0.717) is 5.92 Å². The first-order chi connectivity index (χ1) is 8.60. The molecule has 2 atom stereocenters. The van der Waals surface area contributed by atoms with Gasteiger partial charge in [0.15, 0.2) is 0 Å².